The Labute approximate surface area is 118 Å². The molecule has 0 amide bonds. The number of aromatic amines is 1. The molecule has 1 N–H and O–H groups in total. The summed E-state index contributed by atoms with van der Waals surface area (Å²) in [7, 11) is 1.26. The maximum atomic E-state index is 12.0. The summed E-state index contributed by atoms with van der Waals surface area (Å²) >= 11 is 0. The molecule has 0 bridgehead atoms. The van der Waals surface area contributed by atoms with Crippen LogP contribution in [0.25, 0.3) is 11.0 Å². The van der Waals surface area contributed by atoms with E-state index in [4.69, 9.17) is 0 Å². The highest BCUT2D eigenvalue weighted by molar-refractivity contribution is 5.86. The fourth-order valence-corrected chi connectivity index (χ4v) is 1.90. The maximum absolute atomic E-state index is 12.0. The van der Waals surface area contributed by atoms with Crippen molar-refractivity contribution in [1.82, 2.24) is 25.0 Å². The summed E-state index contributed by atoms with van der Waals surface area (Å²) in [5, 5.41) is 7.45. The first-order chi connectivity index (χ1) is 10.2. The zero-order valence-corrected chi connectivity index (χ0v) is 11.1. The fraction of sp³-hybridized carbons (Fsp3) is 0.154. The minimum atomic E-state index is -0.582. The number of benzene rings is 1. The number of methoxy groups -OCH3 is 1. The number of carbonyl (C=O) groups excluding carboxylic acids is 1. The molecule has 106 valence electrons. The van der Waals surface area contributed by atoms with Gasteiger partial charge in [-0.05, 0) is 12.1 Å². The van der Waals surface area contributed by atoms with Crippen LogP contribution in [0.1, 0.15) is 16.2 Å². The second-order valence-electron chi connectivity index (χ2n) is 4.32. The fourth-order valence-electron chi connectivity index (χ4n) is 1.90. The molecule has 1 aromatic carbocycles. The van der Waals surface area contributed by atoms with Gasteiger partial charge in [0.15, 0.2) is 5.69 Å². The highest BCUT2D eigenvalue weighted by Crippen LogP contribution is 2.06. The molecule has 3 rings (SSSR count). The molecule has 3 aromatic rings. The number of nitrogens with zero attached hydrogens (tertiary/aromatic N) is 4. The lowest BCUT2D eigenvalue weighted by molar-refractivity contribution is 0.0594. The lowest BCUT2D eigenvalue weighted by atomic mass is 10.3. The Morgan fingerprint density at radius 1 is 1.38 bits per heavy atom. The molecule has 0 radical (unpaired) electrons. The Balaban J connectivity index is 1.94. The van der Waals surface area contributed by atoms with Crippen LogP contribution < -0.4 is 5.56 Å². The van der Waals surface area contributed by atoms with Crippen LogP contribution in [0, 0.1) is 0 Å². The largest absolute Gasteiger partial charge is 0.464 e. The van der Waals surface area contributed by atoms with Crippen molar-refractivity contribution in [3.05, 3.63) is 52.2 Å². The van der Waals surface area contributed by atoms with Crippen LogP contribution in [0.2, 0.25) is 0 Å². The first-order valence-electron chi connectivity index (χ1n) is 6.14. The Morgan fingerprint density at radius 3 is 3.00 bits per heavy atom. The van der Waals surface area contributed by atoms with Gasteiger partial charge < -0.3 is 9.72 Å². The number of hydrogen-bond donors (Lipinski definition) is 1. The number of esters is 1. The van der Waals surface area contributed by atoms with E-state index >= 15 is 0 Å². The van der Waals surface area contributed by atoms with Gasteiger partial charge in [0.1, 0.15) is 5.69 Å². The molecule has 0 saturated heterocycles. The maximum Gasteiger partial charge on any atom is 0.360 e. The first-order valence-corrected chi connectivity index (χ1v) is 6.14. The number of fused-ring (bicyclic) bond motifs is 1. The highest BCUT2D eigenvalue weighted by atomic mass is 16.5. The average molecular weight is 285 g/mol. The molecule has 2 heterocycles. The van der Waals surface area contributed by atoms with Crippen LogP contribution in [-0.4, -0.2) is 38.0 Å². The second kappa shape index (κ2) is 5.16. The summed E-state index contributed by atoms with van der Waals surface area (Å²) in [5.41, 5.74) is 1.41. The number of nitrogens with one attached hydrogen (secondary N) is 1. The number of para-hydroxylation sites is 2. The zero-order valence-electron chi connectivity index (χ0n) is 11.1. The van der Waals surface area contributed by atoms with Gasteiger partial charge in [-0.2, -0.15) is 0 Å². The average Bonchev–Trinajstić information content (AvgIpc) is 2.96. The van der Waals surface area contributed by atoms with E-state index in [-0.39, 0.29) is 23.5 Å². The van der Waals surface area contributed by atoms with Crippen molar-refractivity contribution in [2.24, 2.45) is 0 Å². The minimum Gasteiger partial charge on any atom is -0.464 e. The van der Waals surface area contributed by atoms with E-state index in [1.54, 1.807) is 12.1 Å². The highest BCUT2D eigenvalue weighted by Gasteiger charge is 2.12. The van der Waals surface area contributed by atoms with E-state index in [9.17, 15) is 9.59 Å². The van der Waals surface area contributed by atoms with E-state index in [0.29, 0.717) is 11.0 Å². The summed E-state index contributed by atoms with van der Waals surface area (Å²) in [4.78, 5) is 30.3. The smallest absolute Gasteiger partial charge is 0.360 e. The van der Waals surface area contributed by atoms with Crippen LogP contribution in [0.3, 0.4) is 0 Å². The van der Waals surface area contributed by atoms with Crippen molar-refractivity contribution in [3.63, 3.8) is 0 Å². The predicted octanol–water partition coefficient (Wildman–Crippen LogP) is 0.349. The van der Waals surface area contributed by atoms with Gasteiger partial charge in [-0.15, -0.1) is 5.10 Å². The van der Waals surface area contributed by atoms with Gasteiger partial charge in [0.25, 0.3) is 5.56 Å². The molecule has 0 spiro atoms. The number of rotatable bonds is 3. The third kappa shape index (κ3) is 2.50. The topological polar surface area (TPSA) is 103 Å². The molecular weight excluding hydrogens is 274 g/mol. The molecule has 0 aliphatic carbocycles. The molecule has 0 aliphatic rings. The summed E-state index contributed by atoms with van der Waals surface area (Å²) in [6.45, 7) is 0.115. The molecule has 8 nitrogen and oxygen atoms in total. The van der Waals surface area contributed by atoms with Crippen LogP contribution in [-0.2, 0) is 11.3 Å². The van der Waals surface area contributed by atoms with Crippen LogP contribution in [0.5, 0.6) is 0 Å². The molecule has 0 saturated carbocycles. The van der Waals surface area contributed by atoms with Gasteiger partial charge in [-0.3, -0.25) is 4.79 Å². The van der Waals surface area contributed by atoms with Crippen LogP contribution >= 0.6 is 0 Å². The van der Waals surface area contributed by atoms with Gasteiger partial charge in [0, 0.05) is 0 Å². The standard InChI is InChI=1S/C13H11N5O3/c1-21-13(20)11-7-18(17-16-11)6-10-12(19)15-9-5-3-2-4-8(9)14-10/h2-5,7H,6H2,1H3,(H,15,19). The Morgan fingerprint density at radius 2 is 2.19 bits per heavy atom. The van der Waals surface area contributed by atoms with E-state index < -0.39 is 5.97 Å². The second-order valence-corrected chi connectivity index (χ2v) is 4.32. The predicted molar refractivity (Wildman–Crippen MR) is 72.8 cm³/mol. The normalized spacial score (nSPS) is 10.7. The molecule has 0 fully saturated rings. The third-order valence-electron chi connectivity index (χ3n) is 2.91. The number of H-pyrrole nitrogens is 1. The van der Waals surface area contributed by atoms with Crippen molar-refractivity contribution >= 4 is 17.0 Å². The van der Waals surface area contributed by atoms with Gasteiger partial charge in [0.2, 0.25) is 0 Å². The lowest BCUT2D eigenvalue weighted by Gasteiger charge is -2.02. The molecule has 0 atom stereocenters. The van der Waals surface area contributed by atoms with Crippen molar-refractivity contribution in [2.45, 2.75) is 6.54 Å². The summed E-state index contributed by atoms with van der Waals surface area (Å²) in [6, 6.07) is 7.23. The van der Waals surface area contributed by atoms with Gasteiger partial charge in [0.05, 0.1) is 30.9 Å². The van der Waals surface area contributed by atoms with Crippen molar-refractivity contribution in [3.8, 4) is 0 Å². The number of carbonyl (C=O) groups is 1. The Kier molecular flexibility index (Phi) is 3.19. The van der Waals surface area contributed by atoms with Gasteiger partial charge in [-0.25, -0.2) is 14.5 Å². The van der Waals surface area contributed by atoms with Crippen molar-refractivity contribution in [1.29, 1.82) is 0 Å². The number of ether oxygens (including phenoxy) is 1. The molecule has 0 unspecified atom stereocenters. The lowest BCUT2D eigenvalue weighted by Crippen LogP contribution is -2.18. The van der Waals surface area contributed by atoms with Gasteiger partial charge >= 0.3 is 5.97 Å². The quantitative estimate of drug-likeness (QED) is 0.696. The van der Waals surface area contributed by atoms with Gasteiger partial charge in [-0.1, -0.05) is 17.3 Å². The van der Waals surface area contributed by atoms with E-state index in [0.717, 1.165) is 0 Å². The number of aromatic nitrogens is 5. The molecule has 21 heavy (non-hydrogen) atoms. The third-order valence-corrected chi connectivity index (χ3v) is 2.91. The Bertz CT molecular complexity index is 867. The van der Waals surface area contributed by atoms with E-state index in [1.165, 1.54) is 18.0 Å². The Hall–Kier alpha value is -3.03. The summed E-state index contributed by atoms with van der Waals surface area (Å²) in [6.07, 6.45) is 1.40. The van der Waals surface area contributed by atoms with E-state index in [2.05, 4.69) is 25.0 Å². The minimum absolute atomic E-state index is 0.0784. The number of hydrogen-bond acceptors (Lipinski definition) is 6. The van der Waals surface area contributed by atoms with Crippen LogP contribution in [0.15, 0.2) is 35.3 Å². The summed E-state index contributed by atoms with van der Waals surface area (Å²) < 4.78 is 5.90. The molecule has 2 aromatic heterocycles. The first kappa shape index (κ1) is 13.0. The molecule has 8 heteroatoms. The SMILES string of the molecule is COC(=O)c1cn(Cc2nc3ccccc3[nH]c2=O)nn1. The van der Waals surface area contributed by atoms with Crippen molar-refractivity contribution < 1.29 is 9.53 Å². The summed E-state index contributed by atoms with van der Waals surface area (Å²) in [5.74, 6) is -0.582. The van der Waals surface area contributed by atoms with Crippen molar-refractivity contribution in [2.75, 3.05) is 7.11 Å². The molecule has 0 aliphatic heterocycles. The monoisotopic (exact) mass is 285 g/mol. The van der Waals surface area contributed by atoms with E-state index in [1.807, 2.05) is 12.1 Å². The van der Waals surface area contributed by atoms with Crippen LogP contribution in [0.4, 0.5) is 0 Å². The molecular formula is C13H11N5O3. The zero-order chi connectivity index (χ0) is 14.8.